The quantitative estimate of drug-likeness (QED) is 0.809. The van der Waals surface area contributed by atoms with Crippen LogP contribution in [0.25, 0.3) is 5.65 Å². The summed E-state index contributed by atoms with van der Waals surface area (Å²) in [5.41, 5.74) is 1.71. The Kier molecular flexibility index (Phi) is 4.45. The Morgan fingerprint density at radius 3 is 2.77 bits per heavy atom. The molecule has 2 N–H and O–H groups in total. The summed E-state index contributed by atoms with van der Waals surface area (Å²) < 4.78 is 27.8. The fraction of sp³-hybridized carbons (Fsp3) is 0.562. The number of rotatable bonds is 3. The Labute approximate surface area is 149 Å². The lowest BCUT2D eigenvalue weighted by Crippen LogP contribution is -2.67. The summed E-state index contributed by atoms with van der Waals surface area (Å²) in [4.78, 5) is 20.4. The topological polar surface area (TPSA) is 77.8 Å². The Hall–Kier alpha value is -2.33. The Morgan fingerprint density at radius 2 is 2.04 bits per heavy atom. The number of aryl methyl sites for hydroxylation is 1. The van der Waals surface area contributed by atoms with Crippen molar-refractivity contribution in [1.82, 2.24) is 30.1 Å². The van der Waals surface area contributed by atoms with Gasteiger partial charge < -0.3 is 10.2 Å². The monoisotopic (exact) mass is 365 g/mol. The van der Waals surface area contributed by atoms with Gasteiger partial charge >= 0.3 is 0 Å². The average molecular weight is 365 g/mol. The van der Waals surface area contributed by atoms with Gasteiger partial charge in [0.15, 0.2) is 5.65 Å². The summed E-state index contributed by atoms with van der Waals surface area (Å²) in [7, 11) is 0. The van der Waals surface area contributed by atoms with E-state index in [1.54, 1.807) is 10.7 Å². The van der Waals surface area contributed by atoms with Gasteiger partial charge in [-0.2, -0.15) is 9.61 Å². The normalized spacial score (nSPS) is 25.1. The Bertz CT molecular complexity index is 803. The summed E-state index contributed by atoms with van der Waals surface area (Å²) in [6, 6.07) is 2.75. The van der Waals surface area contributed by atoms with Crippen LogP contribution in [0.3, 0.4) is 0 Å². The van der Waals surface area contributed by atoms with E-state index in [1.807, 2.05) is 24.0 Å². The number of piperazine rings is 1. The van der Waals surface area contributed by atoms with E-state index < -0.39 is 18.8 Å². The van der Waals surface area contributed by atoms with E-state index in [9.17, 15) is 13.6 Å². The summed E-state index contributed by atoms with van der Waals surface area (Å²) in [5.74, 6) is 0.618. The second-order valence-corrected chi connectivity index (χ2v) is 6.66. The van der Waals surface area contributed by atoms with E-state index in [-0.39, 0.29) is 12.3 Å². The molecule has 2 aromatic rings. The molecule has 2 unspecified atom stereocenters. The molecule has 8 nitrogen and oxygen atoms in total. The smallest absolute Gasteiger partial charge is 0.254 e. The standard InChI is InChI=1S/C16H21F2N7O/c1-10-8-14(25-12(20-10)2-3-19-25)23-4-6-24(7-5-23)16-21-11(15(17)18)9-13(26)22-16/h2-3,8,11,15-16,21H,4-7,9H2,1H3,(H,22,26). The van der Waals surface area contributed by atoms with Gasteiger partial charge in [0.25, 0.3) is 6.43 Å². The molecule has 1 amide bonds. The SMILES string of the molecule is Cc1cc(N2CCN(C3NC(=O)CC(C(F)F)N3)CC2)n2nccc2n1. The lowest BCUT2D eigenvalue weighted by Gasteiger charge is -2.43. The zero-order valence-electron chi connectivity index (χ0n) is 14.4. The van der Waals surface area contributed by atoms with Crippen LogP contribution in [0.2, 0.25) is 0 Å². The highest BCUT2D eigenvalue weighted by Gasteiger charge is 2.35. The minimum atomic E-state index is -2.56. The van der Waals surface area contributed by atoms with Gasteiger partial charge in [0, 0.05) is 50.4 Å². The number of fused-ring (bicyclic) bond motifs is 1. The fourth-order valence-corrected chi connectivity index (χ4v) is 3.53. The first-order chi connectivity index (χ1) is 12.5. The van der Waals surface area contributed by atoms with Gasteiger partial charge in [-0.1, -0.05) is 0 Å². The molecule has 0 aliphatic carbocycles. The molecule has 4 heterocycles. The number of alkyl halides is 2. The van der Waals surface area contributed by atoms with E-state index in [1.165, 1.54) is 0 Å². The van der Waals surface area contributed by atoms with Crippen LogP contribution in [-0.2, 0) is 4.79 Å². The molecule has 0 saturated carbocycles. The molecule has 2 fully saturated rings. The van der Waals surface area contributed by atoms with E-state index in [0.29, 0.717) is 26.2 Å². The van der Waals surface area contributed by atoms with Crippen LogP contribution < -0.4 is 15.5 Å². The predicted octanol–water partition coefficient (Wildman–Crippen LogP) is 0.187. The van der Waals surface area contributed by atoms with Crippen LogP contribution in [0.5, 0.6) is 0 Å². The minimum Gasteiger partial charge on any atom is -0.354 e. The highest BCUT2D eigenvalue weighted by molar-refractivity contribution is 5.77. The van der Waals surface area contributed by atoms with Gasteiger partial charge in [-0.05, 0) is 6.92 Å². The molecule has 2 aliphatic rings. The second-order valence-electron chi connectivity index (χ2n) is 6.66. The summed E-state index contributed by atoms with van der Waals surface area (Å²) >= 11 is 0. The largest absolute Gasteiger partial charge is 0.354 e. The molecule has 2 aromatic heterocycles. The molecule has 0 aromatic carbocycles. The van der Waals surface area contributed by atoms with Crippen molar-refractivity contribution < 1.29 is 13.6 Å². The molecule has 0 radical (unpaired) electrons. The third kappa shape index (κ3) is 3.21. The number of carbonyl (C=O) groups is 1. The Balaban J connectivity index is 1.45. The lowest BCUT2D eigenvalue weighted by atomic mass is 10.1. The summed E-state index contributed by atoms with van der Waals surface area (Å²) in [5, 5.41) is 9.93. The van der Waals surface area contributed by atoms with Gasteiger partial charge in [-0.25, -0.2) is 13.8 Å². The third-order valence-electron chi connectivity index (χ3n) is 4.85. The van der Waals surface area contributed by atoms with Crippen LogP contribution in [-0.4, -0.2) is 70.3 Å². The molecule has 2 saturated heterocycles. The lowest BCUT2D eigenvalue weighted by molar-refractivity contribution is -0.129. The first-order valence-electron chi connectivity index (χ1n) is 8.65. The van der Waals surface area contributed by atoms with Crippen LogP contribution >= 0.6 is 0 Å². The number of hydrogen-bond donors (Lipinski definition) is 2. The van der Waals surface area contributed by atoms with Crippen LogP contribution in [0.15, 0.2) is 18.3 Å². The second kappa shape index (κ2) is 6.76. The maximum Gasteiger partial charge on any atom is 0.254 e. The van der Waals surface area contributed by atoms with Crippen molar-refractivity contribution in [2.75, 3.05) is 31.1 Å². The molecule has 0 spiro atoms. The van der Waals surface area contributed by atoms with E-state index in [2.05, 4.69) is 25.6 Å². The molecular weight excluding hydrogens is 344 g/mol. The first kappa shape index (κ1) is 17.1. The number of anilines is 1. The summed E-state index contributed by atoms with van der Waals surface area (Å²) in [6.07, 6.45) is -1.59. The van der Waals surface area contributed by atoms with Crippen molar-refractivity contribution in [3.8, 4) is 0 Å². The van der Waals surface area contributed by atoms with Gasteiger partial charge in [0.1, 0.15) is 12.1 Å². The fourth-order valence-electron chi connectivity index (χ4n) is 3.53. The van der Waals surface area contributed by atoms with Crippen LogP contribution in [0, 0.1) is 6.92 Å². The average Bonchev–Trinajstić information content (AvgIpc) is 3.09. The van der Waals surface area contributed by atoms with Gasteiger partial charge in [-0.3, -0.25) is 15.0 Å². The van der Waals surface area contributed by atoms with Crippen LogP contribution in [0.1, 0.15) is 12.1 Å². The van der Waals surface area contributed by atoms with Gasteiger partial charge in [0.05, 0.1) is 12.2 Å². The van der Waals surface area contributed by atoms with E-state index in [4.69, 9.17) is 0 Å². The van der Waals surface area contributed by atoms with Gasteiger partial charge in [-0.15, -0.1) is 0 Å². The minimum absolute atomic E-state index is 0.193. The molecular formula is C16H21F2N7O. The molecule has 2 aliphatic heterocycles. The highest BCUT2D eigenvalue weighted by Crippen LogP contribution is 2.20. The van der Waals surface area contributed by atoms with Crippen molar-refractivity contribution in [2.24, 2.45) is 0 Å². The van der Waals surface area contributed by atoms with Crippen molar-refractivity contribution in [3.63, 3.8) is 0 Å². The Morgan fingerprint density at radius 1 is 1.27 bits per heavy atom. The molecule has 0 bridgehead atoms. The number of nitrogens with one attached hydrogen (secondary N) is 2. The summed E-state index contributed by atoms with van der Waals surface area (Å²) in [6.45, 7) is 4.62. The van der Waals surface area contributed by atoms with E-state index in [0.717, 1.165) is 17.2 Å². The van der Waals surface area contributed by atoms with E-state index >= 15 is 0 Å². The first-order valence-corrected chi connectivity index (χ1v) is 8.65. The van der Waals surface area contributed by atoms with Crippen molar-refractivity contribution in [3.05, 3.63) is 24.0 Å². The molecule has 4 rings (SSSR count). The zero-order valence-corrected chi connectivity index (χ0v) is 14.4. The maximum absolute atomic E-state index is 13.0. The number of carbonyl (C=O) groups excluding carboxylic acids is 1. The number of hydrogen-bond acceptors (Lipinski definition) is 6. The number of nitrogens with zero attached hydrogens (tertiary/aromatic N) is 5. The van der Waals surface area contributed by atoms with Crippen LogP contribution in [0.4, 0.5) is 14.6 Å². The van der Waals surface area contributed by atoms with Crippen molar-refractivity contribution in [2.45, 2.75) is 32.1 Å². The number of amides is 1. The van der Waals surface area contributed by atoms with Crippen molar-refractivity contribution in [1.29, 1.82) is 0 Å². The van der Waals surface area contributed by atoms with Gasteiger partial charge in [0.2, 0.25) is 5.91 Å². The molecule has 2 atom stereocenters. The number of aromatic nitrogens is 3. The molecule has 140 valence electrons. The number of halogens is 2. The molecule has 10 heteroatoms. The highest BCUT2D eigenvalue weighted by atomic mass is 19.3. The zero-order chi connectivity index (χ0) is 18.3. The molecule has 26 heavy (non-hydrogen) atoms. The third-order valence-corrected chi connectivity index (χ3v) is 4.85. The predicted molar refractivity (Wildman–Crippen MR) is 91.0 cm³/mol. The maximum atomic E-state index is 13.0. The van der Waals surface area contributed by atoms with Crippen molar-refractivity contribution >= 4 is 17.4 Å².